The van der Waals surface area contributed by atoms with Crippen LogP contribution in [-0.4, -0.2) is 10.0 Å². The van der Waals surface area contributed by atoms with Gasteiger partial charge in [0.15, 0.2) is 0 Å². The van der Waals surface area contributed by atoms with Crippen LogP contribution >= 0.6 is 0 Å². The van der Waals surface area contributed by atoms with Gasteiger partial charge in [0.1, 0.15) is 11.4 Å². The Morgan fingerprint density at radius 2 is 2.05 bits per heavy atom. The fourth-order valence-electron chi connectivity index (χ4n) is 1.70. The van der Waals surface area contributed by atoms with E-state index in [1.54, 1.807) is 19.1 Å². The van der Waals surface area contributed by atoms with E-state index >= 15 is 0 Å². The summed E-state index contributed by atoms with van der Waals surface area (Å²) in [6.45, 7) is 1.71. The Hall–Kier alpha value is -2.76. The third-order valence-corrected chi connectivity index (χ3v) is 2.71. The molecule has 98 valence electrons. The minimum Gasteiger partial charge on any atom is -0.508 e. The molecule has 0 amide bonds. The molecule has 2 rings (SSSR count). The van der Waals surface area contributed by atoms with E-state index < -0.39 is 4.92 Å². The van der Waals surface area contributed by atoms with Gasteiger partial charge in [0.2, 0.25) is 0 Å². The summed E-state index contributed by atoms with van der Waals surface area (Å²) in [6, 6.07) is 9.25. The van der Waals surface area contributed by atoms with Crippen molar-refractivity contribution in [1.29, 1.82) is 0 Å². The Morgan fingerprint density at radius 3 is 2.68 bits per heavy atom. The van der Waals surface area contributed by atoms with Gasteiger partial charge in [-0.25, -0.2) is 0 Å². The molecule has 19 heavy (non-hydrogen) atoms. The maximum Gasteiger partial charge on any atom is 0.293 e. The molecule has 0 aromatic heterocycles. The number of phenols is 1. The van der Waals surface area contributed by atoms with Crippen LogP contribution in [0, 0.1) is 17.0 Å². The largest absolute Gasteiger partial charge is 0.508 e. The second-order valence-electron chi connectivity index (χ2n) is 4.16. The first-order valence-electron chi connectivity index (χ1n) is 5.58. The molecule has 0 heterocycles. The lowest BCUT2D eigenvalue weighted by Crippen LogP contribution is -2.00. The van der Waals surface area contributed by atoms with Gasteiger partial charge in [0, 0.05) is 23.5 Å². The molecule has 4 N–H and O–H groups in total. The summed E-state index contributed by atoms with van der Waals surface area (Å²) in [5.74, 6) is 0.0766. The lowest BCUT2D eigenvalue weighted by atomic mass is 10.1. The number of hydrogen-bond acceptors (Lipinski definition) is 5. The first-order valence-corrected chi connectivity index (χ1v) is 5.58. The van der Waals surface area contributed by atoms with Crippen LogP contribution < -0.4 is 11.1 Å². The summed E-state index contributed by atoms with van der Waals surface area (Å²) >= 11 is 0. The molecule has 0 fully saturated rings. The Bertz CT molecular complexity index is 641. The van der Waals surface area contributed by atoms with Crippen molar-refractivity contribution in [1.82, 2.24) is 0 Å². The van der Waals surface area contributed by atoms with E-state index in [1.165, 1.54) is 24.3 Å². The molecule has 6 heteroatoms. The highest BCUT2D eigenvalue weighted by Crippen LogP contribution is 2.32. The Morgan fingerprint density at radius 1 is 1.32 bits per heavy atom. The zero-order valence-electron chi connectivity index (χ0n) is 10.3. The number of anilines is 3. The zero-order valence-corrected chi connectivity index (χ0v) is 10.3. The highest BCUT2D eigenvalue weighted by Gasteiger charge is 2.16. The Balaban J connectivity index is 2.44. The molecule has 0 spiro atoms. The number of nitrogen functional groups attached to an aromatic ring is 1. The molecule has 0 unspecified atom stereocenters. The second-order valence-corrected chi connectivity index (χ2v) is 4.16. The van der Waals surface area contributed by atoms with E-state index in [9.17, 15) is 15.2 Å². The van der Waals surface area contributed by atoms with Gasteiger partial charge in [-0.1, -0.05) is 6.07 Å². The zero-order chi connectivity index (χ0) is 14.0. The number of nitrogens with two attached hydrogens (primary N) is 1. The first kappa shape index (κ1) is 12.7. The number of hydrogen-bond donors (Lipinski definition) is 3. The summed E-state index contributed by atoms with van der Waals surface area (Å²) in [7, 11) is 0. The van der Waals surface area contributed by atoms with Crippen molar-refractivity contribution < 1.29 is 10.0 Å². The van der Waals surface area contributed by atoms with Crippen LogP contribution in [0.2, 0.25) is 0 Å². The van der Waals surface area contributed by atoms with Gasteiger partial charge in [-0.15, -0.1) is 0 Å². The quantitative estimate of drug-likeness (QED) is 0.447. The molecule has 6 nitrogen and oxygen atoms in total. The predicted molar refractivity (Wildman–Crippen MR) is 73.6 cm³/mol. The monoisotopic (exact) mass is 259 g/mol. The number of benzene rings is 2. The van der Waals surface area contributed by atoms with Crippen LogP contribution in [0.3, 0.4) is 0 Å². The number of aromatic hydroxyl groups is 1. The smallest absolute Gasteiger partial charge is 0.293 e. The molecule has 0 saturated heterocycles. The molecule has 0 saturated carbocycles. The van der Waals surface area contributed by atoms with Gasteiger partial charge < -0.3 is 16.2 Å². The predicted octanol–water partition coefficient (Wildman–Crippen LogP) is 2.93. The minimum atomic E-state index is -0.475. The number of nitrogens with one attached hydrogen (secondary N) is 1. The third kappa shape index (κ3) is 2.74. The average molecular weight is 259 g/mol. The topological polar surface area (TPSA) is 101 Å². The van der Waals surface area contributed by atoms with Gasteiger partial charge in [0.25, 0.3) is 5.69 Å². The molecule has 2 aromatic rings. The van der Waals surface area contributed by atoms with Crippen molar-refractivity contribution >= 4 is 22.7 Å². The number of nitro benzene ring substituents is 1. The fourth-order valence-corrected chi connectivity index (χ4v) is 1.70. The molecule has 2 aromatic carbocycles. The summed E-state index contributed by atoms with van der Waals surface area (Å²) in [6.07, 6.45) is 0. The van der Waals surface area contributed by atoms with Crippen molar-refractivity contribution in [3.63, 3.8) is 0 Å². The van der Waals surface area contributed by atoms with E-state index in [4.69, 9.17) is 5.73 Å². The molecule has 0 atom stereocenters. The normalized spacial score (nSPS) is 10.2. The summed E-state index contributed by atoms with van der Waals surface area (Å²) in [4.78, 5) is 10.5. The first-order chi connectivity index (χ1) is 8.97. The van der Waals surface area contributed by atoms with Crippen LogP contribution in [0.25, 0.3) is 0 Å². The molecule has 0 radical (unpaired) electrons. The number of aryl methyl sites for hydroxylation is 1. The molecule has 0 aliphatic heterocycles. The number of nitro groups is 1. The van der Waals surface area contributed by atoms with Crippen molar-refractivity contribution in [2.24, 2.45) is 0 Å². The van der Waals surface area contributed by atoms with Crippen molar-refractivity contribution in [2.45, 2.75) is 6.92 Å². The molecular weight excluding hydrogens is 246 g/mol. The minimum absolute atomic E-state index is 0.0601. The van der Waals surface area contributed by atoms with E-state index in [0.29, 0.717) is 22.6 Å². The van der Waals surface area contributed by atoms with Crippen molar-refractivity contribution in [2.75, 3.05) is 11.1 Å². The van der Waals surface area contributed by atoms with Gasteiger partial charge in [-0.3, -0.25) is 10.1 Å². The molecule has 0 bridgehead atoms. The average Bonchev–Trinajstić information content (AvgIpc) is 2.33. The SMILES string of the molecule is Cc1cc([N+](=O)[O-])c(Nc2cccc(O)c2)cc1N. The van der Waals surface area contributed by atoms with Crippen LogP contribution in [0.4, 0.5) is 22.7 Å². The Labute approximate surface area is 109 Å². The Kier molecular flexibility index (Phi) is 3.24. The standard InChI is InChI=1S/C13H13N3O3/c1-8-5-13(16(18)19)12(7-11(8)14)15-9-3-2-4-10(17)6-9/h2-7,15,17H,14H2,1H3. The maximum absolute atomic E-state index is 11.0. The lowest BCUT2D eigenvalue weighted by Gasteiger charge is -2.09. The highest BCUT2D eigenvalue weighted by molar-refractivity contribution is 5.75. The van der Waals surface area contributed by atoms with Crippen molar-refractivity contribution in [3.05, 3.63) is 52.1 Å². The van der Waals surface area contributed by atoms with E-state index in [0.717, 1.165) is 0 Å². The van der Waals surface area contributed by atoms with Gasteiger partial charge in [-0.05, 0) is 30.7 Å². The van der Waals surface area contributed by atoms with Crippen molar-refractivity contribution in [3.8, 4) is 5.75 Å². The number of phenolic OH excluding ortho intramolecular Hbond substituents is 1. The van der Waals surface area contributed by atoms with Gasteiger partial charge in [-0.2, -0.15) is 0 Å². The summed E-state index contributed by atoms with van der Waals surface area (Å²) in [5, 5.41) is 23.3. The third-order valence-electron chi connectivity index (χ3n) is 2.71. The van der Waals surface area contributed by atoms with Gasteiger partial charge >= 0.3 is 0 Å². The highest BCUT2D eigenvalue weighted by atomic mass is 16.6. The second kappa shape index (κ2) is 4.85. The summed E-state index contributed by atoms with van der Waals surface area (Å²) < 4.78 is 0. The van der Waals surface area contributed by atoms with Gasteiger partial charge in [0.05, 0.1) is 4.92 Å². The number of rotatable bonds is 3. The fraction of sp³-hybridized carbons (Fsp3) is 0.0769. The van der Waals surface area contributed by atoms with E-state index in [2.05, 4.69) is 5.32 Å². The van der Waals surface area contributed by atoms with E-state index in [1.807, 2.05) is 0 Å². The van der Waals surface area contributed by atoms with Crippen LogP contribution in [0.5, 0.6) is 5.75 Å². The maximum atomic E-state index is 11.0. The van der Waals surface area contributed by atoms with Crippen LogP contribution in [0.15, 0.2) is 36.4 Å². The van der Waals surface area contributed by atoms with Crippen LogP contribution in [0.1, 0.15) is 5.56 Å². The molecule has 0 aliphatic rings. The summed E-state index contributed by atoms with van der Waals surface area (Å²) in [5.41, 5.74) is 7.65. The van der Waals surface area contributed by atoms with Crippen LogP contribution in [-0.2, 0) is 0 Å². The van der Waals surface area contributed by atoms with E-state index in [-0.39, 0.29) is 11.4 Å². The molecule has 0 aliphatic carbocycles. The number of nitrogens with zero attached hydrogens (tertiary/aromatic N) is 1. The lowest BCUT2D eigenvalue weighted by molar-refractivity contribution is -0.383. The molecular formula is C13H13N3O3.